The van der Waals surface area contributed by atoms with Gasteiger partial charge in [0.1, 0.15) is 5.69 Å². The van der Waals surface area contributed by atoms with E-state index < -0.39 is 0 Å². The Morgan fingerprint density at radius 2 is 1.60 bits per heavy atom. The van der Waals surface area contributed by atoms with Crippen LogP contribution in [0.5, 0.6) is 0 Å². The third-order valence-corrected chi connectivity index (χ3v) is 3.25. The summed E-state index contributed by atoms with van der Waals surface area (Å²) >= 11 is 5.87. The van der Waals surface area contributed by atoms with Gasteiger partial charge in [-0.2, -0.15) is 5.10 Å². The maximum Gasteiger partial charge on any atom is 0.108 e. The molecular weight excluding hydrogens is 274 g/mol. The number of H-pyrrole nitrogens is 1. The van der Waals surface area contributed by atoms with E-state index in [1.54, 1.807) is 12.1 Å². The quantitative estimate of drug-likeness (QED) is 0.702. The van der Waals surface area contributed by atoms with Crippen molar-refractivity contribution < 1.29 is 0 Å². The maximum absolute atomic E-state index is 10.4. The fourth-order valence-corrected chi connectivity index (χ4v) is 2.07. The van der Waals surface area contributed by atoms with Crippen molar-refractivity contribution in [1.82, 2.24) is 10.2 Å². The molecule has 3 rings (SSSR count). The lowest BCUT2D eigenvalue weighted by Crippen LogP contribution is -1.77. The smallest absolute Gasteiger partial charge is 0.108 e. The predicted molar refractivity (Wildman–Crippen MR) is 79.9 cm³/mol. The molecule has 0 saturated heterocycles. The summed E-state index contributed by atoms with van der Waals surface area (Å²) in [6.45, 7) is 0. The summed E-state index contributed by atoms with van der Waals surface area (Å²) in [5.41, 5.74) is 4.07. The number of nitrogens with zero attached hydrogens (tertiary/aromatic N) is 2. The van der Waals surface area contributed by atoms with Gasteiger partial charge in [0.05, 0.1) is 11.4 Å². The molecule has 0 spiro atoms. The number of aromatic amines is 1. The van der Waals surface area contributed by atoms with E-state index in [-0.39, 0.29) is 0 Å². The largest absolute Gasteiger partial charge is 0.277 e. The molecule has 2 aromatic carbocycles. The first-order valence-electron chi connectivity index (χ1n) is 6.01. The monoisotopic (exact) mass is 283 g/mol. The molecule has 1 aromatic heterocycles. The van der Waals surface area contributed by atoms with Crippen molar-refractivity contribution in [2.75, 3.05) is 0 Å². The highest BCUT2D eigenvalue weighted by Gasteiger charge is 2.06. The summed E-state index contributed by atoms with van der Waals surface area (Å²) in [5.74, 6) is 0. The van der Waals surface area contributed by atoms with Crippen LogP contribution in [0.2, 0.25) is 5.02 Å². The Bertz CT molecular complexity index is 733. The van der Waals surface area contributed by atoms with E-state index in [2.05, 4.69) is 15.4 Å². The van der Waals surface area contributed by atoms with Gasteiger partial charge in [0.15, 0.2) is 0 Å². The third-order valence-electron chi connectivity index (χ3n) is 3.00. The van der Waals surface area contributed by atoms with Crippen LogP contribution in [-0.2, 0) is 0 Å². The molecular formula is C15H10ClN3O. The zero-order valence-corrected chi connectivity index (χ0v) is 11.1. The second kappa shape index (κ2) is 5.27. The predicted octanol–water partition coefficient (Wildman–Crippen LogP) is 4.80. The number of halogens is 1. The van der Waals surface area contributed by atoms with E-state index >= 15 is 0 Å². The Kier molecular flexibility index (Phi) is 3.31. The summed E-state index contributed by atoms with van der Waals surface area (Å²) in [7, 11) is 0. The van der Waals surface area contributed by atoms with E-state index in [1.165, 1.54) is 0 Å². The molecule has 1 heterocycles. The molecule has 4 nitrogen and oxygen atoms in total. The highest BCUT2D eigenvalue weighted by molar-refractivity contribution is 6.30. The fraction of sp³-hybridized carbons (Fsp3) is 0. The second-order valence-corrected chi connectivity index (χ2v) is 4.75. The van der Waals surface area contributed by atoms with Crippen LogP contribution < -0.4 is 0 Å². The Hall–Kier alpha value is -2.46. The first-order valence-corrected chi connectivity index (χ1v) is 6.39. The number of nitroso groups, excluding NO2 is 1. The molecule has 0 atom stereocenters. The van der Waals surface area contributed by atoms with E-state index in [0.29, 0.717) is 10.7 Å². The van der Waals surface area contributed by atoms with Gasteiger partial charge in [-0.25, -0.2) is 0 Å². The maximum atomic E-state index is 10.4. The molecule has 0 unspecified atom stereocenters. The molecule has 0 saturated carbocycles. The van der Waals surface area contributed by atoms with Crippen LogP contribution in [0, 0.1) is 4.91 Å². The second-order valence-electron chi connectivity index (χ2n) is 4.31. The first-order chi connectivity index (χ1) is 9.76. The first kappa shape index (κ1) is 12.6. The number of rotatable bonds is 3. The van der Waals surface area contributed by atoms with Crippen LogP contribution in [0.15, 0.2) is 59.8 Å². The molecule has 1 N–H and O–H groups in total. The van der Waals surface area contributed by atoms with Gasteiger partial charge in [-0.1, -0.05) is 35.9 Å². The van der Waals surface area contributed by atoms with Gasteiger partial charge >= 0.3 is 0 Å². The molecule has 98 valence electrons. The van der Waals surface area contributed by atoms with E-state index in [1.807, 2.05) is 42.5 Å². The highest BCUT2D eigenvalue weighted by atomic mass is 35.5. The fourth-order valence-electron chi connectivity index (χ4n) is 1.94. The summed E-state index contributed by atoms with van der Waals surface area (Å²) in [6.07, 6.45) is 0. The molecule has 0 bridgehead atoms. The van der Waals surface area contributed by atoms with E-state index in [4.69, 9.17) is 11.6 Å². The summed E-state index contributed by atoms with van der Waals surface area (Å²) < 4.78 is 0. The van der Waals surface area contributed by atoms with E-state index in [0.717, 1.165) is 22.5 Å². The molecule has 0 fully saturated rings. The van der Waals surface area contributed by atoms with Crippen LogP contribution in [0.3, 0.4) is 0 Å². The minimum atomic E-state index is 0.405. The standard InChI is InChI=1S/C15H10ClN3O/c16-12-5-1-10(2-6-12)14-9-15(18-17-14)11-3-7-13(19-20)8-4-11/h1-9H,(H,17,18). The Balaban J connectivity index is 1.92. The highest BCUT2D eigenvalue weighted by Crippen LogP contribution is 2.26. The van der Waals surface area contributed by atoms with Crippen molar-refractivity contribution in [3.8, 4) is 22.5 Å². The van der Waals surface area contributed by atoms with Crippen LogP contribution in [-0.4, -0.2) is 10.2 Å². The van der Waals surface area contributed by atoms with Gasteiger partial charge in [0.25, 0.3) is 0 Å². The van der Waals surface area contributed by atoms with Crippen molar-refractivity contribution in [3.05, 3.63) is 64.5 Å². The van der Waals surface area contributed by atoms with Crippen LogP contribution in [0.25, 0.3) is 22.5 Å². The number of nitrogens with one attached hydrogen (secondary N) is 1. The zero-order chi connectivity index (χ0) is 13.9. The Morgan fingerprint density at radius 1 is 0.950 bits per heavy atom. The van der Waals surface area contributed by atoms with Crippen LogP contribution in [0.1, 0.15) is 0 Å². The average molecular weight is 284 g/mol. The van der Waals surface area contributed by atoms with Crippen molar-refractivity contribution in [2.45, 2.75) is 0 Å². The van der Waals surface area contributed by atoms with Crippen molar-refractivity contribution >= 4 is 17.3 Å². The lowest BCUT2D eigenvalue weighted by Gasteiger charge is -1.96. The average Bonchev–Trinajstić information content (AvgIpc) is 2.98. The van der Waals surface area contributed by atoms with E-state index in [9.17, 15) is 4.91 Å². The lowest BCUT2D eigenvalue weighted by atomic mass is 10.1. The summed E-state index contributed by atoms with van der Waals surface area (Å²) in [4.78, 5) is 10.4. The molecule has 20 heavy (non-hydrogen) atoms. The summed E-state index contributed by atoms with van der Waals surface area (Å²) in [6, 6.07) is 16.4. The SMILES string of the molecule is O=Nc1ccc(-c2cc(-c3ccc(Cl)cc3)[nH]n2)cc1. The zero-order valence-electron chi connectivity index (χ0n) is 10.4. The number of aromatic nitrogens is 2. The molecule has 0 radical (unpaired) electrons. The Labute approximate surface area is 120 Å². The molecule has 0 amide bonds. The molecule has 0 aliphatic carbocycles. The Morgan fingerprint density at radius 3 is 2.25 bits per heavy atom. The van der Waals surface area contributed by atoms with Crippen molar-refractivity contribution in [1.29, 1.82) is 0 Å². The molecule has 0 aliphatic rings. The number of hydrogen-bond acceptors (Lipinski definition) is 3. The van der Waals surface area contributed by atoms with Gasteiger partial charge in [-0.15, -0.1) is 4.91 Å². The van der Waals surface area contributed by atoms with Gasteiger partial charge < -0.3 is 0 Å². The number of hydrogen-bond donors (Lipinski definition) is 1. The van der Waals surface area contributed by atoms with Crippen LogP contribution in [0.4, 0.5) is 5.69 Å². The van der Waals surface area contributed by atoms with Gasteiger partial charge in [0.2, 0.25) is 0 Å². The third kappa shape index (κ3) is 2.46. The number of benzene rings is 2. The minimum Gasteiger partial charge on any atom is -0.277 e. The molecule has 5 heteroatoms. The minimum absolute atomic E-state index is 0.405. The van der Waals surface area contributed by atoms with Gasteiger partial charge in [-0.3, -0.25) is 5.10 Å². The van der Waals surface area contributed by atoms with Crippen molar-refractivity contribution in [2.24, 2.45) is 5.18 Å². The topological polar surface area (TPSA) is 58.1 Å². The normalized spacial score (nSPS) is 10.4. The van der Waals surface area contributed by atoms with Crippen molar-refractivity contribution in [3.63, 3.8) is 0 Å². The lowest BCUT2D eigenvalue weighted by molar-refractivity contribution is 1.10. The van der Waals surface area contributed by atoms with Crippen LogP contribution >= 0.6 is 11.6 Å². The van der Waals surface area contributed by atoms with Gasteiger partial charge in [-0.05, 0) is 41.1 Å². The molecule has 0 aliphatic heterocycles. The summed E-state index contributed by atoms with van der Waals surface area (Å²) in [5, 5.41) is 10.8. The molecule has 3 aromatic rings. The van der Waals surface area contributed by atoms with Gasteiger partial charge in [0, 0.05) is 10.6 Å².